The van der Waals surface area contributed by atoms with Gasteiger partial charge in [0.2, 0.25) is 5.78 Å². The van der Waals surface area contributed by atoms with Gasteiger partial charge in [0.25, 0.3) is 0 Å². The molecule has 2 aromatic rings. The van der Waals surface area contributed by atoms with Gasteiger partial charge in [0.15, 0.2) is 11.4 Å². The molecule has 0 aliphatic carbocycles. The number of halogens is 1. The quantitative estimate of drug-likeness (QED) is 0.778. The van der Waals surface area contributed by atoms with Crippen molar-refractivity contribution in [1.29, 1.82) is 0 Å². The normalized spacial score (nSPS) is 10.5. The maximum Gasteiger partial charge on any atom is 0.214 e. The largest absolute Gasteiger partial charge is 0.493 e. The van der Waals surface area contributed by atoms with E-state index in [2.05, 4.69) is 5.10 Å². The summed E-state index contributed by atoms with van der Waals surface area (Å²) in [7, 11) is 1.48. The van der Waals surface area contributed by atoms with E-state index in [1.54, 1.807) is 10.7 Å². The summed E-state index contributed by atoms with van der Waals surface area (Å²) in [6, 6.07) is 5.60. The van der Waals surface area contributed by atoms with Crippen LogP contribution >= 0.6 is 0 Å². The molecule has 0 saturated heterocycles. The first-order chi connectivity index (χ1) is 9.17. The molecule has 0 aliphatic rings. The molecule has 19 heavy (non-hydrogen) atoms. The average Bonchev–Trinajstić information content (AvgIpc) is 2.81. The molecular weight excluding hydrogens is 247 g/mol. The Bertz CT molecular complexity index is 593. The van der Waals surface area contributed by atoms with E-state index in [4.69, 9.17) is 4.74 Å². The maximum atomic E-state index is 13.2. The minimum atomic E-state index is -0.439. The van der Waals surface area contributed by atoms with E-state index < -0.39 is 5.82 Å². The number of carbonyl (C=O) groups excluding carboxylic acids is 1. The third kappa shape index (κ3) is 2.65. The summed E-state index contributed by atoms with van der Waals surface area (Å²) >= 11 is 0. The zero-order chi connectivity index (χ0) is 13.8. The second kappa shape index (κ2) is 5.65. The van der Waals surface area contributed by atoms with Gasteiger partial charge >= 0.3 is 0 Å². The topological polar surface area (TPSA) is 44.1 Å². The third-order valence-corrected chi connectivity index (χ3v) is 2.76. The minimum absolute atomic E-state index is 0.288. The van der Waals surface area contributed by atoms with Crippen molar-refractivity contribution in [2.75, 3.05) is 7.11 Å². The van der Waals surface area contributed by atoms with Crippen LogP contribution in [0, 0.1) is 5.82 Å². The summed E-state index contributed by atoms with van der Waals surface area (Å²) in [6.07, 6.45) is 2.34. The third-order valence-electron chi connectivity index (χ3n) is 2.76. The fourth-order valence-corrected chi connectivity index (χ4v) is 1.89. The van der Waals surface area contributed by atoms with Crippen molar-refractivity contribution in [2.45, 2.75) is 19.9 Å². The van der Waals surface area contributed by atoms with Crippen LogP contribution in [0.3, 0.4) is 0 Å². The average molecular weight is 262 g/mol. The second-order valence-electron chi connectivity index (χ2n) is 4.12. The SMILES string of the molecule is CCCn1ncc(OC)c1C(=O)c1cccc(F)c1. The molecule has 0 fully saturated rings. The van der Waals surface area contributed by atoms with E-state index in [0.717, 1.165) is 6.42 Å². The van der Waals surface area contributed by atoms with Gasteiger partial charge in [0.05, 0.1) is 13.3 Å². The molecule has 0 spiro atoms. The molecule has 2 rings (SSSR count). The Morgan fingerprint density at radius 2 is 2.26 bits per heavy atom. The van der Waals surface area contributed by atoms with Crippen molar-refractivity contribution in [3.05, 3.63) is 47.5 Å². The van der Waals surface area contributed by atoms with Gasteiger partial charge in [-0.2, -0.15) is 5.10 Å². The summed E-state index contributed by atoms with van der Waals surface area (Å²) in [4.78, 5) is 12.4. The number of rotatable bonds is 5. The Morgan fingerprint density at radius 3 is 2.89 bits per heavy atom. The molecule has 5 heteroatoms. The molecule has 0 unspecified atom stereocenters. The molecule has 0 N–H and O–H groups in total. The number of aryl methyl sites for hydroxylation is 1. The Morgan fingerprint density at radius 1 is 1.47 bits per heavy atom. The second-order valence-corrected chi connectivity index (χ2v) is 4.12. The lowest BCUT2D eigenvalue weighted by Gasteiger charge is -2.07. The van der Waals surface area contributed by atoms with Crippen LogP contribution in [0.1, 0.15) is 29.4 Å². The Kier molecular flexibility index (Phi) is 3.94. The first-order valence-corrected chi connectivity index (χ1v) is 6.07. The summed E-state index contributed by atoms with van der Waals surface area (Å²) in [6.45, 7) is 2.60. The molecule has 0 amide bonds. The predicted octanol–water partition coefficient (Wildman–Crippen LogP) is 2.67. The van der Waals surface area contributed by atoms with Crippen LogP contribution in [0.5, 0.6) is 5.75 Å². The first-order valence-electron chi connectivity index (χ1n) is 6.07. The standard InChI is InChI=1S/C14H15FN2O2/c1-3-7-17-13(12(19-2)9-16-17)14(18)10-5-4-6-11(15)8-10/h4-6,8-9H,3,7H2,1-2H3. The zero-order valence-corrected chi connectivity index (χ0v) is 10.9. The van der Waals surface area contributed by atoms with E-state index in [0.29, 0.717) is 18.0 Å². The molecule has 1 heterocycles. The summed E-state index contributed by atoms with van der Waals surface area (Å²) in [5.41, 5.74) is 0.645. The molecule has 0 saturated carbocycles. The monoisotopic (exact) mass is 262 g/mol. The fourth-order valence-electron chi connectivity index (χ4n) is 1.89. The number of carbonyl (C=O) groups is 1. The molecule has 0 atom stereocenters. The summed E-state index contributed by atoms with van der Waals surface area (Å²) in [5.74, 6) is -0.323. The summed E-state index contributed by atoms with van der Waals surface area (Å²) in [5, 5.41) is 4.12. The number of ketones is 1. The Balaban J connectivity index is 2.45. The highest BCUT2D eigenvalue weighted by Gasteiger charge is 2.20. The lowest BCUT2D eigenvalue weighted by atomic mass is 10.1. The van der Waals surface area contributed by atoms with E-state index in [9.17, 15) is 9.18 Å². The highest BCUT2D eigenvalue weighted by molar-refractivity contribution is 6.09. The lowest BCUT2D eigenvalue weighted by Crippen LogP contribution is -2.12. The van der Waals surface area contributed by atoms with Crippen LogP contribution < -0.4 is 4.74 Å². The first kappa shape index (κ1) is 13.3. The molecular formula is C14H15FN2O2. The fraction of sp³-hybridized carbons (Fsp3) is 0.286. The highest BCUT2D eigenvalue weighted by Crippen LogP contribution is 2.22. The van der Waals surface area contributed by atoms with Crippen LogP contribution in [-0.2, 0) is 6.54 Å². The number of ether oxygens (including phenoxy) is 1. The van der Waals surface area contributed by atoms with Gasteiger partial charge < -0.3 is 4.74 Å². The number of nitrogens with zero attached hydrogens (tertiary/aromatic N) is 2. The zero-order valence-electron chi connectivity index (χ0n) is 10.9. The van der Waals surface area contributed by atoms with Gasteiger partial charge in [-0.25, -0.2) is 4.39 Å². The number of hydrogen-bond acceptors (Lipinski definition) is 3. The molecule has 0 aliphatic heterocycles. The van der Waals surface area contributed by atoms with E-state index >= 15 is 0 Å². The predicted molar refractivity (Wildman–Crippen MR) is 68.9 cm³/mol. The minimum Gasteiger partial charge on any atom is -0.493 e. The van der Waals surface area contributed by atoms with E-state index in [1.807, 2.05) is 6.92 Å². The highest BCUT2D eigenvalue weighted by atomic mass is 19.1. The number of methoxy groups -OCH3 is 1. The van der Waals surface area contributed by atoms with Crippen molar-refractivity contribution < 1.29 is 13.9 Å². The molecule has 1 aromatic heterocycles. The van der Waals surface area contributed by atoms with Crippen LogP contribution in [0.4, 0.5) is 4.39 Å². The Labute approximate surface area is 110 Å². The Hall–Kier alpha value is -2.17. The van der Waals surface area contributed by atoms with Crippen LogP contribution in [-0.4, -0.2) is 22.7 Å². The van der Waals surface area contributed by atoms with Crippen molar-refractivity contribution >= 4 is 5.78 Å². The van der Waals surface area contributed by atoms with Crippen LogP contribution in [0.15, 0.2) is 30.5 Å². The van der Waals surface area contributed by atoms with Crippen molar-refractivity contribution in [3.63, 3.8) is 0 Å². The van der Waals surface area contributed by atoms with Crippen LogP contribution in [0.2, 0.25) is 0 Å². The molecule has 0 radical (unpaired) electrons. The lowest BCUT2D eigenvalue weighted by molar-refractivity contribution is 0.102. The van der Waals surface area contributed by atoms with Gasteiger partial charge in [-0.05, 0) is 18.6 Å². The number of benzene rings is 1. The van der Waals surface area contributed by atoms with E-state index in [1.165, 1.54) is 31.5 Å². The number of aromatic nitrogens is 2. The van der Waals surface area contributed by atoms with Gasteiger partial charge in [-0.3, -0.25) is 9.48 Å². The van der Waals surface area contributed by atoms with Gasteiger partial charge in [0.1, 0.15) is 5.82 Å². The van der Waals surface area contributed by atoms with Crippen molar-refractivity contribution in [2.24, 2.45) is 0 Å². The molecule has 100 valence electrons. The smallest absolute Gasteiger partial charge is 0.214 e. The molecule has 4 nitrogen and oxygen atoms in total. The molecule has 0 bridgehead atoms. The number of hydrogen-bond donors (Lipinski definition) is 0. The van der Waals surface area contributed by atoms with Crippen molar-refractivity contribution in [1.82, 2.24) is 9.78 Å². The van der Waals surface area contributed by atoms with Crippen molar-refractivity contribution in [3.8, 4) is 5.75 Å². The van der Waals surface area contributed by atoms with Gasteiger partial charge in [-0.15, -0.1) is 0 Å². The van der Waals surface area contributed by atoms with Crippen LogP contribution in [0.25, 0.3) is 0 Å². The summed E-state index contributed by atoms with van der Waals surface area (Å²) < 4.78 is 19.9. The maximum absolute atomic E-state index is 13.2. The van der Waals surface area contributed by atoms with Gasteiger partial charge in [-0.1, -0.05) is 19.1 Å². The van der Waals surface area contributed by atoms with Gasteiger partial charge in [0, 0.05) is 12.1 Å². The van der Waals surface area contributed by atoms with E-state index in [-0.39, 0.29) is 11.3 Å². The molecule has 1 aromatic carbocycles.